The summed E-state index contributed by atoms with van der Waals surface area (Å²) in [5.41, 5.74) is 1.77. The number of aromatic nitrogens is 1. The van der Waals surface area contributed by atoms with Crippen molar-refractivity contribution in [2.45, 2.75) is 33.0 Å². The second-order valence-corrected chi connectivity index (χ2v) is 3.82. The lowest BCUT2D eigenvalue weighted by Gasteiger charge is -2.15. The van der Waals surface area contributed by atoms with Gasteiger partial charge in [0.15, 0.2) is 0 Å². The predicted molar refractivity (Wildman–Crippen MR) is 59.9 cm³/mol. The molecule has 0 fully saturated rings. The van der Waals surface area contributed by atoms with Gasteiger partial charge in [0, 0.05) is 29.9 Å². The Kier molecular flexibility index (Phi) is 4.67. The average molecular weight is 226 g/mol. The van der Waals surface area contributed by atoms with E-state index in [2.05, 4.69) is 10.3 Å². The van der Waals surface area contributed by atoms with Crippen LogP contribution in [0.3, 0.4) is 0 Å². The minimum absolute atomic E-state index is 0.0271. The molecule has 0 amide bonds. The van der Waals surface area contributed by atoms with Crippen LogP contribution >= 0.6 is 0 Å². The predicted octanol–water partition coefficient (Wildman–Crippen LogP) is 0.0583. The molecular weight excluding hydrogens is 208 g/mol. The van der Waals surface area contributed by atoms with E-state index in [-0.39, 0.29) is 25.0 Å². The average Bonchev–Trinajstić information content (AvgIpc) is 2.30. The van der Waals surface area contributed by atoms with Gasteiger partial charge in [-0.25, -0.2) is 0 Å². The molecular formula is C11H18N2O3. The summed E-state index contributed by atoms with van der Waals surface area (Å²) in [6.45, 7) is 3.80. The molecule has 0 aromatic carbocycles. The molecule has 1 aromatic rings. The first-order valence-electron chi connectivity index (χ1n) is 5.21. The highest BCUT2D eigenvalue weighted by atomic mass is 16.3. The number of aromatic hydroxyl groups is 1. The van der Waals surface area contributed by atoms with Gasteiger partial charge in [-0.05, 0) is 13.8 Å². The van der Waals surface area contributed by atoms with Gasteiger partial charge in [-0.15, -0.1) is 0 Å². The maximum Gasteiger partial charge on any atom is 0.141 e. The second-order valence-electron chi connectivity index (χ2n) is 3.82. The first-order valence-corrected chi connectivity index (χ1v) is 5.21. The second kappa shape index (κ2) is 5.79. The summed E-state index contributed by atoms with van der Waals surface area (Å²) in [6.07, 6.45) is 1.55. The molecule has 1 heterocycles. The zero-order valence-electron chi connectivity index (χ0n) is 9.56. The summed E-state index contributed by atoms with van der Waals surface area (Å²) < 4.78 is 0. The molecule has 16 heavy (non-hydrogen) atoms. The zero-order chi connectivity index (χ0) is 12.1. The molecule has 0 saturated carbocycles. The standard InChI is InChI=1S/C11H18N2O3/c1-7(5-14)12-4-10-9(6-15)3-13-8(2)11(10)16/h3,7,12,14-16H,4-6H2,1-2H3/t7-/m1/s1. The fourth-order valence-corrected chi connectivity index (χ4v) is 1.36. The van der Waals surface area contributed by atoms with Gasteiger partial charge >= 0.3 is 0 Å². The lowest BCUT2D eigenvalue weighted by molar-refractivity contribution is 0.249. The molecule has 90 valence electrons. The summed E-state index contributed by atoms with van der Waals surface area (Å²) in [5, 5.41) is 30.9. The van der Waals surface area contributed by atoms with Crippen LogP contribution in [0.2, 0.25) is 0 Å². The highest BCUT2D eigenvalue weighted by molar-refractivity contribution is 5.40. The van der Waals surface area contributed by atoms with Crippen molar-refractivity contribution < 1.29 is 15.3 Å². The van der Waals surface area contributed by atoms with E-state index < -0.39 is 0 Å². The summed E-state index contributed by atoms with van der Waals surface area (Å²) >= 11 is 0. The van der Waals surface area contributed by atoms with Gasteiger partial charge in [0.05, 0.1) is 18.9 Å². The van der Waals surface area contributed by atoms with Crippen LogP contribution in [0.1, 0.15) is 23.7 Å². The Morgan fingerprint density at radius 3 is 2.69 bits per heavy atom. The molecule has 0 radical (unpaired) electrons. The third-order valence-electron chi connectivity index (χ3n) is 2.50. The minimum Gasteiger partial charge on any atom is -0.506 e. The first kappa shape index (κ1) is 12.9. The van der Waals surface area contributed by atoms with Gasteiger partial charge in [0.1, 0.15) is 5.75 Å². The van der Waals surface area contributed by atoms with E-state index in [1.54, 1.807) is 13.1 Å². The van der Waals surface area contributed by atoms with Crippen LogP contribution in [0, 0.1) is 6.92 Å². The van der Waals surface area contributed by atoms with Gasteiger partial charge < -0.3 is 20.6 Å². The number of aliphatic hydroxyl groups is 2. The maximum absolute atomic E-state index is 9.82. The molecule has 1 atom stereocenters. The van der Waals surface area contributed by atoms with E-state index in [1.807, 2.05) is 6.92 Å². The topological polar surface area (TPSA) is 85.6 Å². The van der Waals surface area contributed by atoms with Gasteiger partial charge in [-0.2, -0.15) is 0 Å². The van der Waals surface area contributed by atoms with Crippen molar-refractivity contribution in [2.24, 2.45) is 0 Å². The van der Waals surface area contributed by atoms with Crippen molar-refractivity contribution in [3.05, 3.63) is 23.0 Å². The van der Waals surface area contributed by atoms with Crippen molar-refractivity contribution in [3.63, 3.8) is 0 Å². The third-order valence-corrected chi connectivity index (χ3v) is 2.50. The van der Waals surface area contributed by atoms with Crippen LogP contribution in [0.25, 0.3) is 0 Å². The van der Waals surface area contributed by atoms with Gasteiger partial charge in [-0.3, -0.25) is 4.98 Å². The summed E-state index contributed by atoms with van der Waals surface area (Å²) in [5.74, 6) is 0.101. The molecule has 5 nitrogen and oxygen atoms in total. The van der Waals surface area contributed by atoms with E-state index in [9.17, 15) is 5.11 Å². The van der Waals surface area contributed by atoms with Gasteiger partial charge in [-0.1, -0.05) is 0 Å². The highest BCUT2D eigenvalue weighted by Gasteiger charge is 2.11. The van der Waals surface area contributed by atoms with Crippen molar-refractivity contribution in [1.82, 2.24) is 10.3 Å². The molecule has 1 rings (SSSR count). The smallest absolute Gasteiger partial charge is 0.141 e. The zero-order valence-corrected chi connectivity index (χ0v) is 9.56. The third kappa shape index (κ3) is 2.91. The van der Waals surface area contributed by atoms with Crippen LogP contribution < -0.4 is 5.32 Å². The number of nitrogens with zero attached hydrogens (tertiary/aromatic N) is 1. The number of pyridine rings is 1. The van der Waals surface area contributed by atoms with E-state index >= 15 is 0 Å². The number of hydrogen-bond donors (Lipinski definition) is 4. The molecule has 0 saturated heterocycles. The summed E-state index contributed by atoms with van der Waals surface area (Å²) in [7, 11) is 0. The van der Waals surface area contributed by atoms with Crippen molar-refractivity contribution in [2.75, 3.05) is 6.61 Å². The Labute approximate surface area is 94.8 Å². The molecule has 0 aliphatic heterocycles. The number of aryl methyl sites for hydroxylation is 1. The molecule has 0 aliphatic carbocycles. The number of hydrogen-bond acceptors (Lipinski definition) is 5. The fraction of sp³-hybridized carbons (Fsp3) is 0.545. The molecule has 0 spiro atoms. The molecule has 1 aromatic heterocycles. The van der Waals surface area contributed by atoms with E-state index in [0.717, 1.165) is 0 Å². The molecule has 0 bridgehead atoms. The monoisotopic (exact) mass is 226 g/mol. The van der Waals surface area contributed by atoms with Gasteiger partial charge in [0.25, 0.3) is 0 Å². The lowest BCUT2D eigenvalue weighted by atomic mass is 10.1. The van der Waals surface area contributed by atoms with Crippen molar-refractivity contribution >= 4 is 0 Å². The lowest BCUT2D eigenvalue weighted by Crippen LogP contribution is -2.29. The quantitative estimate of drug-likeness (QED) is 0.570. The van der Waals surface area contributed by atoms with E-state index in [4.69, 9.17) is 10.2 Å². The Bertz CT molecular complexity index is 355. The Hall–Kier alpha value is -1.17. The SMILES string of the molecule is Cc1ncc(CO)c(CN[C@H](C)CO)c1O. The van der Waals surface area contributed by atoms with Crippen molar-refractivity contribution in [1.29, 1.82) is 0 Å². The first-order chi connectivity index (χ1) is 7.60. The van der Waals surface area contributed by atoms with E-state index in [1.165, 1.54) is 0 Å². The normalized spacial score (nSPS) is 12.8. The number of nitrogens with one attached hydrogen (secondary N) is 1. The van der Waals surface area contributed by atoms with Gasteiger partial charge in [0.2, 0.25) is 0 Å². The van der Waals surface area contributed by atoms with Crippen LogP contribution in [-0.2, 0) is 13.2 Å². The molecule has 0 unspecified atom stereocenters. The Morgan fingerprint density at radius 1 is 1.44 bits per heavy atom. The Balaban J connectivity index is 2.88. The highest BCUT2D eigenvalue weighted by Crippen LogP contribution is 2.23. The number of aliphatic hydroxyl groups excluding tert-OH is 2. The largest absolute Gasteiger partial charge is 0.506 e. The van der Waals surface area contributed by atoms with Crippen molar-refractivity contribution in [3.8, 4) is 5.75 Å². The molecule has 4 N–H and O–H groups in total. The maximum atomic E-state index is 9.82. The van der Waals surface area contributed by atoms with Crippen LogP contribution in [0.15, 0.2) is 6.20 Å². The van der Waals surface area contributed by atoms with Crippen LogP contribution in [-0.4, -0.2) is 33.0 Å². The molecule has 0 aliphatic rings. The van der Waals surface area contributed by atoms with Crippen LogP contribution in [0.5, 0.6) is 5.75 Å². The minimum atomic E-state index is -0.161. The summed E-state index contributed by atoms with van der Waals surface area (Å²) in [6, 6.07) is -0.0561. The Morgan fingerprint density at radius 2 is 2.12 bits per heavy atom. The fourth-order valence-electron chi connectivity index (χ4n) is 1.36. The molecule has 5 heteroatoms. The number of rotatable bonds is 5. The van der Waals surface area contributed by atoms with E-state index in [0.29, 0.717) is 23.4 Å². The summed E-state index contributed by atoms with van der Waals surface area (Å²) in [4.78, 5) is 3.97. The van der Waals surface area contributed by atoms with Crippen LogP contribution in [0.4, 0.5) is 0 Å².